The molecule has 1 spiro atoms. The molecule has 3 saturated carbocycles. The van der Waals surface area contributed by atoms with Gasteiger partial charge in [-0.2, -0.15) is 0 Å². The molecule has 1 N–H and O–H groups in total. The maximum absolute atomic E-state index is 11.5. The summed E-state index contributed by atoms with van der Waals surface area (Å²) < 4.78 is 4.74. The average Bonchev–Trinajstić information content (AvgIpc) is 2.93. The Labute approximate surface area is 131 Å². The van der Waals surface area contributed by atoms with Gasteiger partial charge in [-0.1, -0.05) is 26.0 Å². The molecule has 3 aliphatic rings. The molecule has 4 atom stereocenters. The Morgan fingerprint density at radius 2 is 1.91 bits per heavy atom. The molecule has 118 valence electrons. The maximum Gasteiger partial charge on any atom is 0.337 e. The lowest BCUT2D eigenvalue weighted by Gasteiger charge is -2.64. The standard InChI is InChI=1S/C19H24O3/c1-17(2)9-12-8-15-18(17,10-12)11-19(15,21)14-6-4-13(5-7-14)16(20)22-3/h4-7,12,15,21H,8-11H2,1-3H3/t12?,15?,18?,19-/m1/s1. The van der Waals surface area contributed by atoms with Crippen LogP contribution in [0.5, 0.6) is 0 Å². The molecule has 0 aliphatic heterocycles. The normalized spacial score (nSPS) is 40.9. The number of fused-ring (bicyclic) bond motifs is 1. The summed E-state index contributed by atoms with van der Waals surface area (Å²) in [6.45, 7) is 4.75. The van der Waals surface area contributed by atoms with Crippen LogP contribution in [-0.4, -0.2) is 18.2 Å². The second-order valence-electron chi connectivity index (χ2n) is 8.27. The van der Waals surface area contributed by atoms with Gasteiger partial charge in [-0.05, 0) is 66.0 Å². The lowest BCUT2D eigenvalue weighted by Crippen LogP contribution is -2.62. The third-order valence-corrected chi connectivity index (χ3v) is 7.00. The van der Waals surface area contributed by atoms with E-state index in [1.807, 2.05) is 12.1 Å². The van der Waals surface area contributed by atoms with Gasteiger partial charge in [0.15, 0.2) is 0 Å². The fourth-order valence-corrected chi connectivity index (χ4v) is 6.00. The van der Waals surface area contributed by atoms with Crippen LogP contribution in [0.4, 0.5) is 0 Å². The molecule has 0 aromatic heterocycles. The van der Waals surface area contributed by atoms with Gasteiger partial charge >= 0.3 is 5.97 Å². The highest BCUT2D eigenvalue weighted by atomic mass is 16.5. The molecule has 1 aromatic carbocycles. The van der Waals surface area contributed by atoms with Crippen LogP contribution in [0, 0.1) is 22.7 Å². The zero-order valence-corrected chi connectivity index (χ0v) is 13.6. The summed E-state index contributed by atoms with van der Waals surface area (Å²) in [4.78, 5) is 11.5. The summed E-state index contributed by atoms with van der Waals surface area (Å²) >= 11 is 0. The van der Waals surface area contributed by atoms with Gasteiger partial charge in [-0.25, -0.2) is 4.79 Å². The predicted octanol–water partition coefficient (Wildman–Crippen LogP) is 3.51. The molecule has 2 bridgehead atoms. The third kappa shape index (κ3) is 1.53. The smallest absolute Gasteiger partial charge is 0.337 e. The fourth-order valence-electron chi connectivity index (χ4n) is 6.00. The highest BCUT2D eigenvalue weighted by Gasteiger charge is 2.74. The van der Waals surface area contributed by atoms with Crippen molar-refractivity contribution in [2.75, 3.05) is 7.11 Å². The van der Waals surface area contributed by atoms with Crippen molar-refractivity contribution >= 4 is 5.97 Å². The van der Waals surface area contributed by atoms with Gasteiger partial charge < -0.3 is 9.84 Å². The first-order chi connectivity index (χ1) is 10.3. The van der Waals surface area contributed by atoms with Gasteiger partial charge in [-0.3, -0.25) is 0 Å². The molecule has 3 fully saturated rings. The summed E-state index contributed by atoms with van der Waals surface area (Å²) in [6.07, 6.45) is 4.61. The number of carbonyl (C=O) groups excluding carboxylic acids is 1. The minimum Gasteiger partial charge on any atom is -0.465 e. The highest BCUT2D eigenvalue weighted by Crippen LogP contribution is 2.79. The number of hydrogen-bond acceptors (Lipinski definition) is 3. The minimum absolute atomic E-state index is 0.327. The van der Waals surface area contributed by atoms with Crippen molar-refractivity contribution < 1.29 is 14.6 Å². The summed E-state index contributed by atoms with van der Waals surface area (Å²) in [5.41, 5.74) is 1.46. The van der Waals surface area contributed by atoms with Gasteiger partial charge in [0.25, 0.3) is 0 Å². The number of aliphatic hydroxyl groups is 1. The molecule has 4 rings (SSSR count). The number of rotatable bonds is 2. The lowest BCUT2D eigenvalue weighted by molar-refractivity contribution is -0.232. The monoisotopic (exact) mass is 300 g/mol. The Balaban J connectivity index is 1.64. The van der Waals surface area contributed by atoms with Crippen LogP contribution in [0.2, 0.25) is 0 Å². The van der Waals surface area contributed by atoms with Crippen molar-refractivity contribution in [1.29, 1.82) is 0 Å². The molecule has 1 aromatic rings. The van der Waals surface area contributed by atoms with Crippen LogP contribution in [0.3, 0.4) is 0 Å². The Bertz CT molecular complexity index is 633. The Morgan fingerprint density at radius 1 is 1.23 bits per heavy atom. The van der Waals surface area contributed by atoms with Crippen molar-refractivity contribution in [2.24, 2.45) is 22.7 Å². The summed E-state index contributed by atoms with van der Waals surface area (Å²) in [6, 6.07) is 7.33. The first kappa shape index (κ1) is 14.3. The summed E-state index contributed by atoms with van der Waals surface area (Å²) in [5, 5.41) is 11.3. The molecule has 3 unspecified atom stereocenters. The topological polar surface area (TPSA) is 46.5 Å². The van der Waals surface area contributed by atoms with Crippen LogP contribution >= 0.6 is 0 Å². The van der Waals surface area contributed by atoms with Crippen LogP contribution in [0.25, 0.3) is 0 Å². The molecule has 22 heavy (non-hydrogen) atoms. The van der Waals surface area contributed by atoms with Gasteiger partial charge in [0, 0.05) is 0 Å². The number of carbonyl (C=O) groups is 1. The molecule has 0 radical (unpaired) electrons. The molecule has 3 heteroatoms. The third-order valence-electron chi connectivity index (χ3n) is 7.00. The number of methoxy groups -OCH3 is 1. The Kier molecular flexibility index (Phi) is 2.68. The summed E-state index contributed by atoms with van der Waals surface area (Å²) in [7, 11) is 1.39. The molecule has 0 saturated heterocycles. The Hall–Kier alpha value is -1.35. The molecule has 0 amide bonds. The minimum atomic E-state index is -0.707. The van der Waals surface area contributed by atoms with Gasteiger partial charge in [0.2, 0.25) is 0 Å². The number of esters is 1. The van der Waals surface area contributed by atoms with Crippen molar-refractivity contribution in [3.8, 4) is 0 Å². The van der Waals surface area contributed by atoms with Gasteiger partial charge in [0.05, 0.1) is 18.3 Å². The lowest BCUT2D eigenvalue weighted by atomic mass is 9.42. The van der Waals surface area contributed by atoms with E-state index in [1.165, 1.54) is 20.0 Å². The molecule has 3 nitrogen and oxygen atoms in total. The van der Waals surface area contributed by atoms with E-state index < -0.39 is 5.60 Å². The van der Waals surface area contributed by atoms with E-state index in [2.05, 4.69) is 13.8 Å². The zero-order valence-electron chi connectivity index (χ0n) is 13.6. The van der Waals surface area contributed by atoms with E-state index in [1.54, 1.807) is 12.1 Å². The number of benzene rings is 1. The second kappa shape index (κ2) is 4.14. The van der Waals surface area contributed by atoms with E-state index in [4.69, 9.17) is 4.74 Å². The van der Waals surface area contributed by atoms with Crippen LogP contribution in [0.15, 0.2) is 24.3 Å². The first-order valence-electron chi connectivity index (χ1n) is 8.24. The Morgan fingerprint density at radius 3 is 2.50 bits per heavy atom. The highest BCUT2D eigenvalue weighted by molar-refractivity contribution is 5.89. The number of ether oxygens (including phenoxy) is 1. The van der Waals surface area contributed by atoms with Gasteiger partial charge in [-0.15, -0.1) is 0 Å². The second-order valence-corrected chi connectivity index (χ2v) is 8.27. The molecule has 0 heterocycles. The van der Waals surface area contributed by atoms with Gasteiger partial charge in [0.1, 0.15) is 0 Å². The van der Waals surface area contributed by atoms with E-state index in [0.717, 1.165) is 24.3 Å². The summed E-state index contributed by atoms with van der Waals surface area (Å²) in [5.74, 6) is 0.825. The SMILES string of the molecule is COC(=O)c1ccc([C@]2(O)CC34CC(CC32)CC4(C)C)cc1. The average molecular weight is 300 g/mol. The molecular weight excluding hydrogens is 276 g/mol. The van der Waals surface area contributed by atoms with Crippen molar-refractivity contribution in [3.63, 3.8) is 0 Å². The van der Waals surface area contributed by atoms with Crippen molar-refractivity contribution in [1.82, 2.24) is 0 Å². The fraction of sp³-hybridized carbons (Fsp3) is 0.632. The van der Waals surface area contributed by atoms with Crippen molar-refractivity contribution in [3.05, 3.63) is 35.4 Å². The van der Waals surface area contributed by atoms with E-state index in [-0.39, 0.29) is 5.97 Å². The molecular formula is C19H24O3. The van der Waals surface area contributed by atoms with Crippen LogP contribution < -0.4 is 0 Å². The maximum atomic E-state index is 11.5. The van der Waals surface area contributed by atoms with Crippen LogP contribution in [0.1, 0.15) is 55.5 Å². The van der Waals surface area contributed by atoms with E-state index in [0.29, 0.717) is 22.3 Å². The zero-order chi connectivity index (χ0) is 15.8. The largest absolute Gasteiger partial charge is 0.465 e. The van der Waals surface area contributed by atoms with E-state index >= 15 is 0 Å². The first-order valence-corrected chi connectivity index (χ1v) is 8.24. The predicted molar refractivity (Wildman–Crippen MR) is 83.3 cm³/mol. The van der Waals surface area contributed by atoms with Crippen LogP contribution in [-0.2, 0) is 10.3 Å². The molecule has 3 aliphatic carbocycles. The van der Waals surface area contributed by atoms with E-state index in [9.17, 15) is 9.90 Å². The quantitative estimate of drug-likeness (QED) is 0.850. The van der Waals surface area contributed by atoms with Crippen molar-refractivity contribution in [2.45, 2.75) is 45.1 Å². The number of hydrogen-bond donors (Lipinski definition) is 1.